The summed E-state index contributed by atoms with van der Waals surface area (Å²) in [6, 6.07) is 0. The normalized spacial score (nSPS) is 25.9. The van der Waals surface area contributed by atoms with E-state index in [-0.39, 0.29) is 51.0 Å². The molecule has 2 fully saturated rings. The van der Waals surface area contributed by atoms with Gasteiger partial charge in [-0.05, 0) is 38.5 Å². The van der Waals surface area contributed by atoms with Crippen molar-refractivity contribution >= 4 is 0 Å². The zero-order valence-electron chi connectivity index (χ0n) is 14.6. The Bertz CT molecular complexity index is 430. The zero-order valence-corrected chi connectivity index (χ0v) is 18.6. The molecule has 0 aromatic carbocycles. The van der Waals surface area contributed by atoms with Crippen LogP contribution >= 0.6 is 0 Å². The van der Waals surface area contributed by atoms with E-state index in [4.69, 9.17) is 9.47 Å². The second kappa shape index (κ2) is 14.4. The molecular weight excluding hydrogens is 434 g/mol. The maximum Gasteiger partial charge on any atom is 4.00 e. The number of halogens is 2. The molecule has 2 atom stereocenters. The van der Waals surface area contributed by atoms with Gasteiger partial charge < -0.3 is 34.3 Å². The van der Waals surface area contributed by atoms with Crippen molar-refractivity contribution in [2.24, 2.45) is 0 Å². The topological polar surface area (TPSA) is 18.5 Å². The minimum atomic E-state index is 0. The predicted octanol–water partition coefficient (Wildman–Crippen LogP) is -1.50. The van der Waals surface area contributed by atoms with Crippen molar-refractivity contribution in [1.82, 2.24) is 0 Å². The first kappa shape index (κ1) is 25.3. The fourth-order valence-corrected chi connectivity index (χ4v) is 3.28. The summed E-state index contributed by atoms with van der Waals surface area (Å²) >= 11 is 0. The van der Waals surface area contributed by atoms with Crippen LogP contribution in [0.5, 0.6) is 0 Å². The maximum atomic E-state index is 5.52. The number of hydrogen-bond donors (Lipinski definition) is 0. The second-order valence-corrected chi connectivity index (χ2v) is 6.30. The first-order valence-corrected chi connectivity index (χ1v) is 8.66. The standard InChI is InChI=1S/2C10H13O.2ClH.Zr/c2*1-2-5-9(4-1)8-10-6-3-7-11-10;;;/h2*1,4,10H,2-3,6-8H2;2*1H;/q2*-1;;;+4/p-2. The monoisotopic (exact) mass is 458 g/mol. The molecular formula is C20H26Cl2O2Zr. The molecule has 2 heterocycles. The van der Waals surface area contributed by atoms with Gasteiger partial charge >= 0.3 is 26.2 Å². The molecule has 0 radical (unpaired) electrons. The SMILES string of the molecule is [C-]1=C(CC2CCCO2)C=CC1.[C-]1=C(CC2CCCO2)C=CC1.[Cl-].[Cl-].[Zr+4]. The molecule has 0 aromatic heterocycles. The number of rotatable bonds is 4. The quantitative estimate of drug-likeness (QED) is 0.476. The van der Waals surface area contributed by atoms with Crippen molar-refractivity contribution in [3.63, 3.8) is 0 Å². The van der Waals surface area contributed by atoms with Crippen molar-refractivity contribution in [1.29, 1.82) is 0 Å². The average molecular weight is 461 g/mol. The molecule has 0 aromatic rings. The van der Waals surface area contributed by atoms with Gasteiger partial charge in [-0.15, -0.1) is 12.8 Å². The zero-order chi connectivity index (χ0) is 15.0. The third kappa shape index (κ3) is 9.20. The summed E-state index contributed by atoms with van der Waals surface area (Å²) < 4.78 is 11.0. The van der Waals surface area contributed by atoms with Gasteiger partial charge in [0.15, 0.2) is 0 Å². The van der Waals surface area contributed by atoms with E-state index in [0.717, 1.165) is 38.9 Å². The van der Waals surface area contributed by atoms with Crippen molar-refractivity contribution in [2.45, 2.75) is 63.6 Å². The second-order valence-electron chi connectivity index (χ2n) is 6.30. The van der Waals surface area contributed by atoms with Crippen molar-refractivity contribution in [3.05, 3.63) is 47.6 Å². The molecule has 25 heavy (non-hydrogen) atoms. The van der Waals surface area contributed by atoms with Crippen molar-refractivity contribution in [2.75, 3.05) is 13.2 Å². The van der Waals surface area contributed by atoms with E-state index in [1.807, 2.05) is 0 Å². The molecule has 4 rings (SSSR count). The molecule has 4 aliphatic rings. The Balaban J connectivity index is 0.000000411. The molecule has 0 bridgehead atoms. The maximum absolute atomic E-state index is 5.52. The van der Waals surface area contributed by atoms with Crippen LogP contribution in [0.3, 0.4) is 0 Å². The van der Waals surface area contributed by atoms with E-state index in [1.54, 1.807) is 0 Å². The summed E-state index contributed by atoms with van der Waals surface area (Å²) in [6.07, 6.45) is 25.4. The molecule has 0 spiro atoms. The van der Waals surface area contributed by atoms with Crippen LogP contribution < -0.4 is 24.8 Å². The van der Waals surface area contributed by atoms with Gasteiger partial charge in [-0.1, -0.05) is 0 Å². The van der Waals surface area contributed by atoms with Gasteiger partial charge in [0, 0.05) is 13.2 Å². The summed E-state index contributed by atoms with van der Waals surface area (Å²) in [5.41, 5.74) is 2.69. The van der Waals surface area contributed by atoms with Gasteiger partial charge in [0.05, 0.1) is 12.2 Å². The number of ether oxygens (including phenoxy) is 2. The predicted molar refractivity (Wildman–Crippen MR) is 88.2 cm³/mol. The number of hydrogen-bond acceptors (Lipinski definition) is 2. The molecule has 5 heteroatoms. The van der Waals surface area contributed by atoms with Gasteiger partial charge in [0.25, 0.3) is 0 Å². The summed E-state index contributed by atoms with van der Waals surface area (Å²) in [5, 5.41) is 0. The van der Waals surface area contributed by atoms with E-state index in [1.165, 1.54) is 36.8 Å². The third-order valence-corrected chi connectivity index (χ3v) is 4.48. The van der Waals surface area contributed by atoms with Gasteiger partial charge in [0.2, 0.25) is 0 Å². The fraction of sp³-hybridized carbons (Fsp3) is 0.600. The smallest absolute Gasteiger partial charge is 1.00 e. The molecule has 0 saturated carbocycles. The Kier molecular flexibility index (Phi) is 14.6. The first-order valence-electron chi connectivity index (χ1n) is 8.66. The van der Waals surface area contributed by atoms with Crippen molar-refractivity contribution in [3.8, 4) is 0 Å². The van der Waals surface area contributed by atoms with E-state index in [9.17, 15) is 0 Å². The molecule has 2 aliphatic carbocycles. The van der Waals surface area contributed by atoms with Gasteiger partial charge in [-0.3, -0.25) is 12.2 Å². The van der Waals surface area contributed by atoms with Gasteiger partial charge in [-0.2, -0.15) is 12.2 Å². The molecule has 2 saturated heterocycles. The van der Waals surface area contributed by atoms with Gasteiger partial charge in [0.1, 0.15) is 0 Å². The van der Waals surface area contributed by atoms with Gasteiger partial charge in [-0.25, -0.2) is 23.3 Å². The van der Waals surface area contributed by atoms with E-state index >= 15 is 0 Å². The Morgan fingerprint density at radius 3 is 1.52 bits per heavy atom. The molecule has 0 N–H and O–H groups in total. The third-order valence-electron chi connectivity index (χ3n) is 4.48. The summed E-state index contributed by atoms with van der Waals surface area (Å²) in [6.45, 7) is 1.92. The van der Waals surface area contributed by atoms with E-state index < -0.39 is 0 Å². The van der Waals surface area contributed by atoms with Crippen LogP contribution in [0.1, 0.15) is 51.4 Å². The van der Waals surface area contributed by atoms with Crippen molar-refractivity contribution < 1.29 is 60.5 Å². The minimum absolute atomic E-state index is 0. The van der Waals surface area contributed by atoms with E-state index in [2.05, 4.69) is 36.5 Å². The Morgan fingerprint density at radius 2 is 1.24 bits per heavy atom. The fourth-order valence-electron chi connectivity index (χ4n) is 3.28. The average Bonchev–Trinajstić information content (AvgIpc) is 3.31. The van der Waals surface area contributed by atoms with Crippen LogP contribution in [0, 0.1) is 12.2 Å². The number of allylic oxidation sites excluding steroid dienone is 6. The molecule has 0 amide bonds. The summed E-state index contributed by atoms with van der Waals surface area (Å²) in [4.78, 5) is 0. The van der Waals surface area contributed by atoms with Crippen LogP contribution in [0.15, 0.2) is 35.5 Å². The molecule has 136 valence electrons. The Hall–Kier alpha value is 0.343. The van der Waals surface area contributed by atoms with Crippen LogP contribution in [0.25, 0.3) is 0 Å². The summed E-state index contributed by atoms with van der Waals surface area (Å²) in [7, 11) is 0. The Labute approximate surface area is 184 Å². The minimum Gasteiger partial charge on any atom is -1.00 e. The van der Waals surface area contributed by atoms with Crippen LogP contribution in [-0.2, 0) is 35.7 Å². The molecule has 2 unspecified atom stereocenters. The Morgan fingerprint density at radius 1 is 0.800 bits per heavy atom. The largest absolute Gasteiger partial charge is 4.00 e. The molecule has 2 nitrogen and oxygen atoms in total. The van der Waals surface area contributed by atoms with E-state index in [0.29, 0.717) is 12.2 Å². The summed E-state index contributed by atoms with van der Waals surface area (Å²) in [5.74, 6) is 0. The van der Waals surface area contributed by atoms with Crippen LogP contribution in [0.4, 0.5) is 0 Å². The molecule has 2 aliphatic heterocycles. The van der Waals surface area contributed by atoms with Crippen LogP contribution in [0.2, 0.25) is 0 Å². The van der Waals surface area contributed by atoms with Crippen LogP contribution in [-0.4, -0.2) is 25.4 Å². The first-order chi connectivity index (χ1) is 10.9.